The van der Waals surface area contributed by atoms with E-state index in [-0.39, 0.29) is 16.5 Å². The molecule has 0 unspecified atom stereocenters. The van der Waals surface area contributed by atoms with Crippen LogP contribution >= 0.6 is 0 Å². The smallest absolute Gasteiger partial charge is 0.263 e. The average Bonchev–Trinajstić information content (AvgIpc) is 2.84. The van der Waals surface area contributed by atoms with Gasteiger partial charge in [0.05, 0.1) is 42.9 Å². The molecule has 0 amide bonds. The van der Waals surface area contributed by atoms with Crippen LogP contribution in [0.2, 0.25) is 0 Å². The van der Waals surface area contributed by atoms with Crippen LogP contribution in [0.1, 0.15) is 0 Å². The van der Waals surface area contributed by atoms with Crippen LogP contribution in [0.4, 0.5) is 17.3 Å². The number of anilines is 3. The highest BCUT2D eigenvalue weighted by atomic mass is 32.2. The van der Waals surface area contributed by atoms with E-state index < -0.39 is 10.0 Å². The molecule has 0 aliphatic heterocycles. The summed E-state index contributed by atoms with van der Waals surface area (Å²) >= 11 is 0. The Labute approximate surface area is 191 Å². The van der Waals surface area contributed by atoms with Gasteiger partial charge in [0.1, 0.15) is 17.2 Å². The number of sulfonamides is 1. The predicted molar refractivity (Wildman–Crippen MR) is 126 cm³/mol. The van der Waals surface area contributed by atoms with Crippen molar-refractivity contribution in [3.05, 3.63) is 66.7 Å². The Morgan fingerprint density at radius 1 is 0.727 bits per heavy atom. The minimum atomic E-state index is -3.95. The van der Waals surface area contributed by atoms with Gasteiger partial charge in [0.2, 0.25) is 0 Å². The largest absolute Gasteiger partial charge is 0.497 e. The van der Waals surface area contributed by atoms with Gasteiger partial charge in [0.15, 0.2) is 11.6 Å². The van der Waals surface area contributed by atoms with E-state index in [4.69, 9.17) is 14.2 Å². The first-order valence-electron chi connectivity index (χ1n) is 9.86. The Balaban J connectivity index is 1.78. The standard InChI is InChI=1S/C23H22N4O5S/c1-30-15-8-11-17(12-9-15)33(28,29)27-23-22(24-18-6-4-5-7-19(18)25-23)26-20-14-16(31-2)10-13-21(20)32-3/h4-14H,1-3H3,(H,24,26)(H,25,27). The summed E-state index contributed by atoms with van der Waals surface area (Å²) in [4.78, 5) is 9.15. The molecule has 0 saturated carbocycles. The van der Waals surface area contributed by atoms with Gasteiger partial charge in [-0.25, -0.2) is 18.4 Å². The molecule has 0 aliphatic carbocycles. The topological polar surface area (TPSA) is 112 Å². The number of hydrogen-bond donors (Lipinski definition) is 2. The average molecular weight is 467 g/mol. The van der Waals surface area contributed by atoms with Crippen LogP contribution in [0, 0.1) is 0 Å². The fourth-order valence-corrected chi connectivity index (χ4v) is 4.15. The van der Waals surface area contributed by atoms with E-state index in [1.165, 1.54) is 26.4 Å². The fourth-order valence-electron chi connectivity index (χ4n) is 3.14. The van der Waals surface area contributed by atoms with Gasteiger partial charge in [-0.2, -0.15) is 0 Å². The highest BCUT2D eigenvalue weighted by molar-refractivity contribution is 7.92. The summed E-state index contributed by atoms with van der Waals surface area (Å²) < 4.78 is 44.5. The number of ether oxygens (including phenoxy) is 3. The molecule has 33 heavy (non-hydrogen) atoms. The molecule has 1 heterocycles. The van der Waals surface area contributed by atoms with E-state index in [1.807, 2.05) is 6.07 Å². The molecule has 0 aliphatic rings. The van der Waals surface area contributed by atoms with Crippen molar-refractivity contribution in [2.45, 2.75) is 4.90 Å². The molecular weight excluding hydrogens is 444 g/mol. The molecule has 0 fully saturated rings. The Kier molecular flexibility index (Phi) is 6.18. The number of para-hydroxylation sites is 2. The van der Waals surface area contributed by atoms with Gasteiger partial charge in [0.25, 0.3) is 10.0 Å². The third-order valence-corrected chi connectivity index (χ3v) is 6.19. The van der Waals surface area contributed by atoms with Gasteiger partial charge >= 0.3 is 0 Å². The van der Waals surface area contributed by atoms with E-state index in [0.29, 0.717) is 34.0 Å². The second-order valence-electron chi connectivity index (χ2n) is 6.88. The minimum absolute atomic E-state index is 0.0365. The molecule has 0 atom stereocenters. The van der Waals surface area contributed by atoms with Crippen molar-refractivity contribution in [3.8, 4) is 17.2 Å². The monoisotopic (exact) mass is 466 g/mol. The molecule has 0 radical (unpaired) electrons. The summed E-state index contributed by atoms with van der Waals surface area (Å²) in [6.07, 6.45) is 0. The van der Waals surface area contributed by atoms with E-state index >= 15 is 0 Å². The lowest BCUT2D eigenvalue weighted by molar-refractivity contribution is 0.405. The molecule has 3 aromatic carbocycles. The van der Waals surface area contributed by atoms with E-state index in [0.717, 1.165) is 0 Å². The number of nitrogens with zero attached hydrogens (tertiary/aromatic N) is 2. The van der Waals surface area contributed by atoms with Gasteiger partial charge in [-0.15, -0.1) is 0 Å². The van der Waals surface area contributed by atoms with Crippen LogP contribution in [0.15, 0.2) is 71.6 Å². The van der Waals surface area contributed by atoms with Crippen LogP contribution in [-0.2, 0) is 10.0 Å². The summed E-state index contributed by atoms with van der Waals surface area (Å²) in [5.41, 5.74) is 1.66. The zero-order valence-electron chi connectivity index (χ0n) is 18.2. The summed E-state index contributed by atoms with van der Waals surface area (Å²) in [6, 6.07) is 18.4. The number of hydrogen-bond acceptors (Lipinski definition) is 8. The highest BCUT2D eigenvalue weighted by Gasteiger charge is 2.20. The number of benzene rings is 3. The lowest BCUT2D eigenvalue weighted by Gasteiger charge is -2.16. The highest BCUT2D eigenvalue weighted by Crippen LogP contribution is 2.34. The molecule has 10 heteroatoms. The molecule has 1 aromatic heterocycles. The number of fused-ring (bicyclic) bond motifs is 1. The number of nitrogens with one attached hydrogen (secondary N) is 2. The maximum atomic E-state index is 13.1. The van der Waals surface area contributed by atoms with Crippen LogP contribution in [0.25, 0.3) is 11.0 Å². The first-order valence-corrected chi connectivity index (χ1v) is 11.3. The first-order chi connectivity index (χ1) is 15.9. The maximum Gasteiger partial charge on any atom is 0.263 e. The van der Waals surface area contributed by atoms with E-state index in [2.05, 4.69) is 20.0 Å². The Morgan fingerprint density at radius 2 is 1.33 bits per heavy atom. The van der Waals surface area contributed by atoms with Crippen LogP contribution < -0.4 is 24.2 Å². The molecule has 2 N–H and O–H groups in total. The van der Waals surface area contributed by atoms with Crippen molar-refractivity contribution < 1.29 is 22.6 Å². The maximum absolute atomic E-state index is 13.1. The zero-order chi connectivity index (χ0) is 23.4. The summed E-state index contributed by atoms with van der Waals surface area (Å²) in [6.45, 7) is 0. The Morgan fingerprint density at radius 3 is 1.94 bits per heavy atom. The van der Waals surface area contributed by atoms with Crippen molar-refractivity contribution in [2.75, 3.05) is 31.4 Å². The van der Waals surface area contributed by atoms with Crippen molar-refractivity contribution in [1.29, 1.82) is 0 Å². The number of aromatic nitrogens is 2. The van der Waals surface area contributed by atoms with Gasteiger partial charge in [-0.3, -0.25) is 4.72 Å². The summed E-state index contributed by atoms with van der Waals surface area (Å²) in [5.74, 6) is 1.90. The molecule has 0 bridgehead atoms. The predicted octanol–water partition coefficient (Wildman–Crippen LogP) is 4.20. The van der Waals surface area contributed by atoms with E-state index in [1.54, 1.807) is 55.6 Å². The quantitative estimate of drug-likeness (QED) is 0.397. The molecule has 4 aromatic rings. The molecule has 170 valence electrons. The Bertz CT molecular complexity index is 1390. The van der Waals surface area contributed by atoms with Crippen molar-refractivity contribution >= 4 is 38.4 Å². The van der Waals surface area contributed by atoms with E-state index in [9.17, 15) is 8.42 Å². The normalized spacial score (nSPS) is 11.1. The van der Waals surface area contributed by atoms with Gasteiger partial charge in [-0.05, 0) is 48.5 Å². The molecule has 0 spiro atoms. The summed E-state index contributed by atoms with van der Waals surface area (Å²) in [7, 11) is 0.642. The van der Waals surface area contributed by atoms with Crippen molar-refractivity contribution in [1.82, 2.24) is 9.97 Å². The van der Waals surface area contributed by atoms with Crippen LogP contribution in [-0.4, -0.2) is 39.7 Å². The minimum Gasteiger partial charge on any atom is -0.497 e. The Hall–Kier alpha value is -4.05. The number of rotatable bonds is 8. The van der Waals surface area contributed by atoms with Crippen LogP contribution in [0.5, 0.6) is 17.2 Å². The SMILES string of the molecule is COc1ccc(S(=O)(=O)Nc2nc3ccccc3nc2Nc2cc(OC)ccc2OC)cc1. The lowest BCUT2D eigenvalue weighted by atomic mass is 10.2. The van der Waals surface area contributed by atoms with Crippen molar-refractivity contribution in [2.24, 2.45) is 0 Å². The van der Waals surface area contributed by atoms with Crippen LogP contribution in [0.3, 0.4) is 0 Å². The molecular formula is C23H22N4O5S. The third-order valence-electron chi connectivity index (χ3n) is 4.83. The second-order valence-corrected chi connectivity index (χ2v) is 8.56. The van der Waals surface area contributed by atoms with Gasteiger partial charge < -0.3 is 19.5 Å². The van der Waals surface area contributed by atoms with Crippen molar-refractivity contribution in [3.63, 3.8) is 0 Å². The fraction of sp³-hybridized carbons (Fsp3) is 0.130. The second kappa shape index (κ2) is 9.21. The third kappa shape index (κ3) is 4.75. The first kappa shape index (κ1) is 22.2. The van der Waals surface area contributed by atoms with Gasteiger partial charge in [0, 0.05) is 6.07 Å². The van der Waals surface area contributed by atoms with Gasteiger partial charge in [-0.1, -0.05) is 12.1 Å². The molecule has 9 nitrogen and oxygen atoms in total. The summed E-state index contributed by atoms with van der Waals surface area (Å²) in [5, 5.41) is 3.13. The zero-order valence-corrected chi connectivity index (χ0v) is 19.0. The molecule has 0 saturated heterocycles. The molecule has 4 rings (SSSR count). The lowest BCUT2D eigenvalue weighted by Crippen LogP contribution is -2.16. The number of methoxy groups -OCH3 is 3.